The van der Waals surface area contributed by atoms with Crippen LogP contribution in [0.15, 0.2) is 42.5 Å². The van der Waals surface area contributed by atoms with Crippen LogP contribution in [-0.4, -0.2) is 34.8 Å². The molecule has 0 aliphatic heterocycles. The second-order valence-corrected chi connectivity index (χ2v) is 8.60. The van der Waals surface area contributed by atoms with Gasteiger partial charge in [0.25, 0.3) is 6.47 Å². The standard InChI is InChI=1S/C18H15Cl2NO4.C6H12O2/c1-11(22)8-17(23)21(10-12-2-7-15(19)16(20)9-12)14-5-3-13(4-6-14)18(24)25;1-4-6(2,3)8-5-7/h2-7,9H,8,10H2,1H3,(H,24,25);5H,4H2,1-3H3. The number of hydrogen-bond donors (Lipinski definition) is 1. The molecule has 1 amide bonds. The second kappa shape index (κ2) is 13.0. The van der Waals surface area contributed by atoms with Crippen LogP contribution < -0.4 is 4.90 Å². The van der Waals surface area contributed by atoms with Gasteiger partial charge in [-0.3, -0.25) is 14.4 Å². The summed E-state index contributed by atoms with van der Waals surface area (Å²) in [5, 5.41) is 9.74. The molecule has 9 heteroatoms. The Kier molecular flexibility index (Phi) is 11.1. The van der Waals surface area contributed by atoms with E-state index < -0.39 is 5.97 Å². The summed E-state index contributed by atoms with van der Waals surface area (Å²) in [6, 6.07) is 10.9. The number of Topliss-reactive ketones (excluding diaryl/α,β-unsaturated/α-hetero) is 1. The molecule has 1 N–H and O–H groups in total. The van der Waals surface area contributed by atoms with E-state index in [4.69, 9.17) is 33.0 Å². The van der Waals surface area contributed by atoms with Crippen LogP contribution in [0.2, 0.25) is 10.0 Å². The average molecular weight is 496 g/mol. The van der Waals surface area contributed by atoms with Gasteiger partial charge in [0, 0.05) is 5.69 Å². The van der Waals surface area contributed by atoms with Crippen molar-refractivity contribution in [3.8, 4) is 0 Å². The number of anilines is 1. The highest BCUT2D eigenvalue weighted by molar-refractivity contribution is 6.42. The van der Waals surface area contributed by atoms with E-state index in [1.165, 1.54) is 36.1 Å². The molecular weight excluding hydrogens is 469 g/mol. The highest BCUT2D eigenvalue weighted by Crippen LogP contribution is 2.25. The van der Waals surface area contributed by atoms with Gasteiger partial charge in [-0.25, -0.2) is 4.79 Å². The number of hydrogen-bond acceptors (Lipinski definition) is 5. The SMILES string of the molecule is CC(=O)CC(=O)N(Cc1ccc(Cl)c(Cl)c1)c1ccc(C(=O)O)cc1.CCC(C)(C)OC=O. The molecule has 0 saturated carbocycles. The molecule has 0 aliphatic carbocycles. The summed E-state index contributed by atoms with van der Waals surface area (Å²) < 4.78 is 4.70. The fourth-order valence-electron chi connectivity index (χ4n) is 2.45. The number of benzene rings is 2. The first-order valence-electron chi connectivity index (χ1n) is 10.1. The minimum atomic E-state index is -1.06. The number of ether oxygens (including phenoxy) is 1. The molecule has 0 unspecified atom stereocenters. The highest BCUT2D eigenvalue weighted by Gasteiger charge is 2.19. The van der Waals surface area contributed by atoms with Crippen LogP contribution in [0.5, 0.6) is 0 Å². The van der Waals surface area contributed by atoms with Crippen LogP contribution in [0, 0.1) is 0 Å². The molecule has 178 valence electrons. The Hall–Kier alpha value is -2.90. The van der Waals surface area contributed by atoms with E-state index in [0.717, 1.165) is 12.0 Å². The van der Waals surface area contributed by atoms with Gasteiger partial charge in [0.15, 0.2) is 0 Å². The van der Waals surface area contributed by atoms with E-state index in [2.05, 4.69) is 0 Å². The third-order valence-electron chi connectivity index (χ3n) is 4.67. The molecule has 0 saturated heterocycles. The van der Waals surface area contributed by atoms with E-state index in [0.29, 0.717) is 22.2 Å². The first-order valence-corrected chi connectivity index (χ1v) is 10.8. The number of amides is 1. The third-order valence-corrected chi connectivity index (χ3v) is 5.41. The van der Waals surface area contributed by atoms with Crippen molar-refractivity contribution in [1.29, 1.82) is 0 Å². The number of rotatable bonds is 9. The first kappa shape index (κ1) is 28.1. The average Bonchev–Trinajstić information content (AvgIpc) is 2.74. The van der Waals surface area contributed by atoms with Crippen LogP contribution in [0.4, 0.5) is 5.69 Å². The molecule has 0 heterocycles. The lowest BCUT2D eigenvalue weighted by Gasteiger charge is -2.23. The summed E-state index contributed by atoms with van der Waals surface area (Å²) in [6.07, 6.45) is 0.605. The second-order valence-electron chi connectivity index (χ2n) is 7.79. The maximum Gasteiger partial charge on any atom is 0.335 e. The molecule has 0 atom stereocenters. The van der Waals surface area contributed by atoms with E-state index in [1.54, 1.807) is 18.2 Å². The first-order chi connectivity index (χ1) is 15.4. The van der Waals surface area contributed by atoms with Crippen molar-refractivity contribution in [3.63, 3.8) is 0 Å². The Bertz CT molecular complexity index is 989. The Labute approximate surface area is 203 Å². The lowest BCUT2D eigenvalue weighted by Crippen LogP contribution is -2.31. The highest BCUT2D eigenvalue weighted by atomic mass is 35.5. The van der Waals surface area contributed by atoms with E-state index in [9.17, 15) is 19.2 Å². The molecule has 0 spiro atoms. The maximum absolute atomic E-state index is 12.5. The van der Waals surface area contributed by atoms with Crippen molar-refractivity contribution in [2.24, 2.45) is 0 Å². The molecule has 2 aromatic rings. The van der Waals surface area contributed by atoms with E-state index >= 15 is 0 Å². The fraction of sp³-hybridized carbons (Fsp3) is 0.333. The van der Waals surface area contributed by atoms with Gasteiger partial charge in [0.2, 0.25) is 5.91 Å². The van der Waals surface area contributed by atoms with Crippen molar-refractivity contribution < 1.29 is 29.0 Å². The third kappa shape index (κ3) is 9.63. The van der Waals surface area contributed by atoms with Crippen LogP contribution in [0.25, 0.3) is 0 Å². The number of carbonyl (C=O) groups is 4. The van der Waals surface area contributed by atoms with Crippen molar-refractivity contribution >= 4 is 53.0 Å². The summed E-state index contributed by atoms with van der Waals surface area (Å²) in [5.41, 5.74) is 1.05. The zero-order chi connectivity index (χ0) is 25.2. The van der Waals surface area contributed by atoms with Crippen LogP contribution >= 0.6 is 23.2 Å². The molecule has 0 aromatic heterocycles. The van der Waals surface area contributed by atoms with Gasteiger partial charge < -0.3 is 14.7 Å². The van der Waals surface area contributed by atoms with Gasteiger partial charge in [0.05, 0.1) is 28.6 Å². The van der Waals surface area contributed by atoms with Gasteiger partial charge in [0.1, 0.15) is 11.4 Å². The maximum atomic E-state index is 12.5. The molecule has 0 bridgehead atoms. The molecule has 2 aromatic carbocycles. The van der Waals surface area contributed by atoms with Crippen molar-refractivity contribution in [3.05, 3.63) is 63.6 Å². The summed E-state index contributed by atoms with van der Waals surface area (Å²) >= 11 is 11.9. The summed E-state index contributed by atoms with van der Waals surface area (Å²) in [5.74, 6) is -1.70. The molecule has 0 radical (unpaired) electrons. The summed E-state index contributed by atoms with van der Waals surface area (Å²) in [4.78, 5) is 45.9. The number of carboxylic acid groups (broad SMARTS) is 1. The zero-order valence-corrected chi connectivity index (χ0v) is 20.4. The quantitative estimate of drug-likeness (QED) is 0.361. The van der Waals surface area contributed by atoms with E-state index in [-0.39, 0.29) is 35.8 Å². The molecule has 0 fully saturated rings. The predicted octanol–water partition coefficient (Wildman–Crippen LogP) is 5.55. The van der Waals surface area contributed by atoms with Crippen LogP contribution in [0.3, 0.4) is 0 Å². The number of aromatic carboxylic acids is 1. The summed E-state index contributed by atoms with van der Waals surface area (Å²) in [7, 11) is 0. The van der Waals surface area contributed by atoms with Gasteiger partial charge in [-0.2, -0.15) is 0 Å². The fourth-order valence-corrected chi connectivity index (χ4v) is 2.77. The Morgan fingerprint density at radius 1 is 1.06 bits per heavy atom. The lowest BCUT2D eigenvalue weighted by molar-refractivity contribution is -0.140. The summed E-state index contributed by atoms with van der Waals surface area (Å²) in [6.45, 7) is 7.73. The normalized spacial score (nSPS) is 10.5. The number of carboxylic acids is 1. The Morgan fingerprint density at radius 3 is 2.09 bits per heavy atom. The zero-order valence-electron chi connectivity index (χ0n) is 18.9. The van der Waals surface area contributed by atoms with Crippen molar-refractivity contribution in [2.45, 2.75) is 52.7 Å². The number of carbonyl (C=O) groups excluding carboxylic acids is 3. The van der Waals surface area contributed by atoms with Gasteiger partial charge in [-0.1, -0.05) is 36.2 Å². The smallest absolute Gasteiger partial charge is 0.335 e. The van der Waals surface area contributed by atoms with Crippen molar-refractivity contribution in [1.82, 2.24) is 0 Å². The number of nitrogens with zero attached hydrogens (tertiary/aromatic N) is 1. The van der Waals surface area contributed by atoms with Crippen LogP contribution in [0.1, 0.15) is 56.5 Å². The molecule has 2 rings (SSSR count). The Balaban J connectivity index is 0.000000582. The molecular formula is C24H27Cl2NO6. The molecule has 33 heavy (non-hydrogen) atoms. The monoisotopic (exact) mass is 495 g/mol. The predicted molar refractivity (Wildman–Crippen MR) is 128 cm³/mol. The largest absolute Gasteiger partial charge is 0.478 e. The van der Waals surface area contributed by atoms with Crippen molar-refractivity contribution in [2.75, 3.05) is 4.90 Å². The van der Waals surface area contributed by atoms with E-state index in [1.807, 2.05) is 20.8 Å². The molecule has 0 aliphatic rings. The van der Waals surface area contributed by atoms with Gasteiger partial charge >= 0.3 is 5.97 Å². The van der Waals surface area contributed by atoms with Gasteiger partial charge in [-0.05, 0) is 69.2 Å². The Morgan fingerprint density at radius 2 is 1.67 bits per heavy atom. The van der Waals surface area contributed by atoms with Gasteiger partial charge in [-0.15, -0.1) is 0 Å². The minimum Gasteiger partial charge on any atom is -0.478 e. The molecule has 7 nitrogen and oxygen atoms in total. The number of halogens is 2. The lowest BCUT2D eigenvalue weighted by atomic mass is 10.1. The number of ketones is 1. The minimum absolute atomic E-state index is 0.109. The topological polar surface area (TPSA) is 101 Å². The van der Waals surface area contributed by atoms with Crippen LogP contribution in [-0.2, 0) is 25.7 Å².